The summed E-state index contributed by atoms with van der Waals surface area (Å²) in [5.41, 5.74) is 1.73. The molecule has 0 N–H and O–H groups in total. The zero-order valence-electron chi connectivity index (χ0n) is 9.81. The first-order chi connectivity index (χ1) is 7.68. The Morgan fingerprint density at radius 2 is 2.00 bits per heavy atom. The third-order valence-electron chi connectivity index (χ3n) is 2.71. The molecule has 1 aromatic carbocycles. The second kappa shape index (κ2) is 6.19. The van der Waals surface area contributed by atoms with Gasteiger partial charge in [-0.2, -0.15) is 0 Å². The largest absolute Gasteiger partial charge is 1.00 e. The van der Waals surface area contributed by atoms with Crippen molar-refractivity contribution in [2.75, 3.05) is 11.4 Å². The van der Waals surface area contributed by atoms with Crippen molar-refractivity contribution in [3.05, 3.63) is 29.8 Å². The number of carboxylic acid groups (broad SMARTS) is 1. The predicted molar refractivity (Wildman–Crippen MR) is 56.7 cm³/mol. The Morgan fingerprint density at radius 3 is 2.71 bits per heavy atom. The molecule has 1 aliphatic heterocycles. The molecule has 0 spiro atoms. The van der Waals surface area contributed by atoms with Crippen LogP contribution in [0.5, 0.6) is 0 Å². The SMILES string of the molecule is O=C([O-])CN1C(=O)CCCc2ccccc21.[Na+]. The zero-order valence-corrected chi connectivity index (χ0v) is 11.8. The van der Waals surface area contributed by atoms with E-state index in [1.54, 1.807) is 12.1 Å². The van der Waals surface area contributed by atoms with Gasteiger partial charge in [-0.15, -0.1) is 0 Å². The van der Waals surface area contributed by atoms with Crippen LogP contribution in [0.1, 0.15) is 18.4 Å². The summed E-state index contributed by atoms with van der Waals surface area (Å²) >= 11 is 0. The number of carbonyl (C=O) groups is 2. The van der Waals surface area contributed by atoms with E-state index < -0.39 is 5.97 Å². The van der Waals surface area contributed by atoms with E-state index in [1.807, 2.05) is 12.1 Å². The van der Waals surface area contributed by atoms with Crippen LogP contribution in [0.3, 0.4) is 0 Å². The molecule has 0 fully saturated rings. The van der Waals surface area contributed by atoms with Crippen LogP contribution >= 0.6 is 0 Å². The molecule has 2 rings (SSSR count). The molecule has 1 aromatic rings. The van der Waals surface area contributed by atoms with E-state index in [0.717, 1.165) is 18.4 Å². The van der Waals surface area contributed by atoms with Crippen molar-refractivity contribution in [3.8, 4) is 0 Å². The summed E-state index contributed by atoms with van der Waals surface area (Å²) in [5.74, 6) is -1.38. The topological polar surface area (TPSA) is 60.4 Å². The molecule has 0 aliphatic carbocycles. The van der Waals surface area contributed by atoms with Gasteiger partial charge in [-0.1, -0.05) is 18.2 Å². The molecule has 0 bridgehead atoms. The molecule has 0 atom stereocenters. The number of aliphatic carboxylic acids is 1. The Kier molecular flexibility index (Phi) is 5.18. The van der Waals surface area contributed by atoms with Crippen LogP contribution in [0.15, 0.2) is 24.3 Å². The summed E-state index contributed by atoms with van der Waals surface area (Å²) in [7, 11) is 0. The van der Waals surface area contributed by atoms with Gasteiger partial charge in [0.25, 0.3) is 0 Å². The number of fused-ring (bicyclic) bond motifs is 1. The van der Waals surface area contributed by atoms with Gasteiger partial charge in [-0.25, -0.2) is 0 Å². The maximum Gasteiger partial charge on any atom is 1.00 e. The third kappa shape index (κ3) is 3.31. The minimum atomic E-state index is -1.23. The van der Waals surface area contributed by atoms with E-state index in [1.165, 1.54) is 4.90 Å². The first-order valence-corrected chi connectivity index (χ1v) is 5.26. The minimum absolute atomic E-state index is 0. The molecule has 0 saturated heterocycles. The predicted octanol–water partition coefficient (Wildman–Crippen LogP) is -2.89. The van der Waals surface area contributed by atoms with Crippen molar-refractivity contribution in [2.24, 2.45) is 0 Å². The monoisotopic (exact) mass is 241 g/mol. The first-order valence-electron chi connectivity index (χ1n) is 5.26. The molecule has 0 saturated carbocycles. The molecule has 1 heterocycles. The number of carboxylic acids is 1. The Bertz CT molecular complexity index is 434. The number of nitrogens with zero attached hydrogens (tertiary/aromatic N) is 1. The average molecular weight is 241 g/mol. The standard InChI is InChI=1S/C12H13NO3.Na/c14-11-7-3-5-9-4-1-2-6-10(9)13(11)8-12(15)16;/h1-2,4,6H,3,5,7-8H2,(H,15,16);/q;+1/p-1. The van der Waals surface area contributed by atoms with E-state index >= 15 is 0 Å². The van der Waals surface area contributed by atoms with Crippen LogP contribution in [0.25, 0.3) is 0 Å². The van der Waals surface area contributed by atoms with Crippen molar-refractivity contribution in [1.82, 2.24) is 0 Å². The van der Waals surface area contributed by atoms with Crippen molar-refractivity contribution in [1.29, 1.82) is 0 Å². The number of rotatable bonds is 2. The number of aryl methyl sites for hydroxylation is 1. The number of amides is 1. The summed E-state index contributed by atoms with van der Waals surface area (Å²) in [5, 5.41) is 10.6. The van der Waals surface area contributed by atoms with Crippen LogP contribution < -0.4 is 39.6 Å². The van der Waals surface area contributed by atoms with Gasteiger partial charge in [0.1, 0.15) is 0 Å². The van der Waals surface area contributed by atoms with Gasteiger partial charge in [0, 0.05) is 12.1 Å². The van der Waals surface area contributed by atoms with Crippen LogP contribution in [-0.2, 0) is 16.0 Å². The molecule has 1 aliphatic rings. The van der Waals surface area contributed by atoms with Gasteiger partial charge in [0.2, 0.25) is 5.91 Å². The van der Waals surface area contributed by atoms with Crippen LogP contribution in [-0.4, -0.2) is 18.4 Å². The second-order valence-corrected chi connectivity index (χ2v) is 3.83. The molecular weight excluding hydrogens is 229 g/mol. The van der Waals surface area contributed by atoms with Crippen molar-refractivity contribution in [3.63, 3.8) is 0 Å². The Balaban J connectivity index is 0.00000144. The van der Waals surface area contributed by atoms with E-state index in [9.17, 15) is 14.7 Å². The summed E-state index contributed by atoms with van der Waals surface area (Å²) in [6, 6.07) is 7.41. The second-order valence-electron chi connectivity index (χ2n) is 3.83. The Labute approximate surface area is 122 Å². The van der Waals surface area contributed by atoms with Gasteiger partial charge in [0.15, 0.2) is 0 Å². The van der Waals surface area contributed by atoms with E-state index in [2.05, 4.69) is 0 Å². The summed E-state index contributed by atoms with van der Waals surface area (Å²) in [4.78, 5) is 23.7. The summed E-state index contributed by atoms with van der Waals surface area (Å²) in [6.45, 7) is -0.365. The maximum atomic E-state index is 11.7. The van der Waals surface area contributed by atoms with Gasteiger partial charge < -0.3 is 14.8 Å². The Hall–Kier alpha value is -0.840. The third-order valence-corrected chi connectivity index (χ3v) is 2.71. The molecule has 1 amide bonds. The molecular formula is C12H12NNaO3. The molecule has 4 nitrogen and oxygen atoms in total. The zero-order chi connectivity index (χ0) is 11.5. The van der Waals surface area contributed by atoms with Crippen molar-refractivity contribution < 1.29 is 44.3 Å². The average Bonchev–Trinajstić information content (AvgIpc) is 2.40. The number of carbonyl (C=O) groups excluding carboxylic acids is 2. The van der Waals surface area contributed by atoms with E-state index in [4.69, 9.17) is 0 Å². The smallest absolute Gasteiger partial charge is 0.548 e. The molecule has 0 aromatic heterocycles. The van der Waals surface area contributed by atoms with Gasteiger partial charge in [-0.05, 0) is 24.5 Å². The van der Waals surface area contributed by atoms with Crippen LogP contribution in [0.2, 0.25) is 0 Å². The number of benzene rings is 1. The van der Waals surface area contributed by atoms with Crippen molar-refractivity contribution >= 4 is 17.6 Å². The van der Waals surface area contributed by atoms with E-state index in [-0.39, 0.29) is 42.0 Å². The normalized spacial score (nSPS) is 14.6. The molecule has 84 valence electrons. The molecule has 0 unspecified atom stereocenters. The number of anilines is 1. The van der Waals surface area contributed by atoms with Crippen LogP contribution in [0.4, 0.5) is 5.69 Å². The molecule has 5 heteroatoms. The first kappa shape index (κ1) is 14.2. The number of hydrogen-bond acceptors (Lipinski definition) is 3. The molecule has 17 heavy (non-hydrogen) atoms. The van der Waals surface area contributed by atoms with Gasteiger partial charge in [-0.3, -0.25) is 4.79 Å². The number of para-hydroxylation sites is 1. The maximum absolute atomic E-state index is 11.7. The van der Waals surface area contributed by atoms with Crippen molar-refractivity contribution in [2.45, 2.75) is 19.3 Å². The Morgan fingerprint density at radius 1 is 1.29 bits per heavy atom. The van der Waals surface area contributed by atoms with Gasteiger partial charge >= 0.3 is 29.6 Å². The fraction of sp³-hybridized carbons (Fsp3) is 0.333. The van der Waals surface area contributed by atoms with E-state index in [0.29, 0.717) is 12.1 Å². The minimum Gasteiger partial charge on any atom is -0.548 e. The quantitative estimate of drug-likeness (QED) is 0.522. The number of hydrogen-bond donors (Lipinski definition) is 0. The van der Waals surface area contributed by atoms with Gasteiger partial charge in [0.05, 0.1) is 12.5 Å². The fourth-order valence-corrected chi connectivity index (χ4v) is 1.99. The summed E-state index contributed by atoms with van der Waals surface area (Å²) < 4.78 is 0. The fourth-order valence-electron chi connectivity index (χ4n) is 1.99. The summed E-state index contributed by atoms with van der Waals surface area (Å²) in [6.07, 6.45) is 1.97. The van der Waals surface area contributed by atoms with Crippen LogP contribution in [0, 0.1) is 0 Å². The molecule has 0 radical (unpaired) electrons.